The second-order valence-electron chi connectivity index (χ2n) is 5.25. The lowest BCUT2D eigenvalue weighted by atomic mass is 10.2. The molecule has 2 aromatic carbocycles. The van der Waals surface area contributed by atoms with Gasteiger partial charge in [-0.25, -0.2) is 14.2 Å². The zero-order valence-electron chi connectivity index (χ0n) is 14.3. The van der Waals surface area contributed by atoms with Crippen LogP contribution in [0, 0.1) is 5.41 Å². The molecule has 1 heterocycles. The number of fused-ring (bicyclic) bond motifs is 1. The number of ether oxygens (including phenoxy) is 3. The third kappa shape index (κ3) is 3.65. The minimum atomic E-state index is -1.45. The van der Waals surface area contributed by atoms with Gasteiger partial charge in [0.15, 0.2) is 11.5 Å². The number of hydrogen-bond acceptors (Lipinski definition) is 7. The summed E-state index contributed by atoms with van der Waals surface area (Å²) in [4.78, 5) is 8.99. The van der Waals surface area contributed by atoms with E-state index in [-0.39, 0.29) is 6.61 Å². The number of nitrogens with one attached hydrogen (secondary N) is 1. The highest BCUT2D eigenvalue weighted by molar-refractivity contribution is 7.98. The number of methoxy groups -OCH3 is 2. The Morgan fingerprint density at radius 1 is 1.12 bits per heavy atom. The smallest absolute Gasteiger partial charge is 0.224 e. The van der Waals surface area contributed by atoms with Crippen LogP contribution in [0.25, 0.3) is 10.9 Å². The summed E-state index contributed by atoms with van der Waals surface area (Å²) in [7, 11) is 1.67. The molecule has 0 aliphatic rings. The molecule has 0 spiro atoms. The van der Waals surface area contributed by atoms with Crippen molar-refractivity contribution in [3.63, 3.8) is 0 Å². The fraction of sp³-hybridized carbons (Fsp3) is 0.167. The zero-order chi connectivity index (χ0) is 18.5. The molecule has 7 nitrogen and oxygen atoms in total. The summed E-state index contributed by atoms with van der Waals surface area (Å²) in [6.07, 6.45) is 1.42. The highest BCUT2D eigenvalue weighted by atomic mass is 32.2. The fourth-order valence-electron chi connectivity index (χ4n) is 2.45. The fourth-order valence-corrected chi connectivity index (χ4v) is 3.07. The SMILES string of the molecule is COc1cc2ncnc(OCc3cccc(S(=O)C=N)c3)c2cc1OC. The van der Waals surface area contributed by atoms with Crippen molar-refractivity contribution in [2.24, 2.45) is 0 Å². The second-order valence-corrected chi connectivity index (χ2v) is 6.56. The third-order valence-electron chi connectivity index (χ3n) is 3.72. The first-order chi connectivity index (χ1) is 12.7. The molecular weight excluding hydrogens is 354 g/mol. The summed E-state index contributed by atoms with van der Waals surface area (Å²) in [6.45, 7) is 0.240. The van der Waals surface area contributed by atoms with E-state index >= 15 is 0 Å². The first kappa shape index (κ1) is 17.8. The van der Waals surface area contributed by atoms with E-state index in [0.717, 1.165) is 11.1 Å². The van der Waals surface area contributed by atoms with Crippen molar-refractivity contribution < 1.29 is 18.4 Å². The number of rotatable bonds is 7. The quantitative estimate of drug-likeness (QED) is 0.507. The molecule has 0 aliphatic heterocycles. The normalized spacial score (nSPS) is 11.8. The molecule has 1 N–H and O–H groups in total. The zero-order valence-corrected chi connectivity index (χ0v) is 15.1. The minimum absolute atomic E-state index is 0.240. The summed E-state index contributed by atoms with van der Waals surface area (Å²) in [5, 5.41) is 7.82. The van der Waals surface area contributed by atoms with Crippen LogP contribution in [-0.2, 0) is 17.4 Å². The van der Waals surface area contributed by atoms with E-state index in [4.69, 9.17) is 19.6 Å². The number of hydrogen-bond donors (Lipinski definition) is 1. The van der Waals surface area contributed by atoms with E-state index in [9.17, 15) is 4.21 Å². The molecule has 0 saturated heterocycles. The van der Waals surface area contributed by atoms with Gasteiger partial charge >= 0.3 is 0 Å². The highest BCUT2D eigenvalue weighted by Crippen LogP contribution is 2.34. The molecular formula is C18H17N3O4S. The topological polar surface area (TPSA) is 94.4 Å². The molecule has 0 fully saturated rings. The number of benzene rings is 2. The van der Waals surface area contributed by atoms with E-state index in [1.807, 2.05) is 6.07 Å². The van der Waals surface area contributed by atoms with E-state index in [2.05, 4.69) is 9.97 Å². The second kappa shape index (κ2) is 7.92. The maximum Gasteiger partial charge on any atom is 0.224 e. The van der Waals surface area contributed by atoms with Gasteiger partial charge in [0.2, 0.25) is 5.88 Å². The van der Waals surface area contributed by atoms with Crippen LogP contribution in [0.15, 0.2) is 47.6 Å². The van der Waals surface area contributed by atoms with Crippen molar-refractivity contribution >= 4 is 27.2 Å². The molecule has 134 valence electrons. The van der Waals surface area contributed by atoms with Crippen molar-refractivity contribution in [1.29, 1.82) is 5.41 Å². The molecule has 0 saturated carbocycles. The van der Waals surface area contributed by atoms with Gasteiger partial charge in [-0.1, -0.05) is 12.1 Å². The van der Waals surface area contributed by atoms with Crippen molar-refractivity contribution in [3.05, 3.63) is 48.3 Å². The molecule has 8 heteroatoms. The predicted molar refractivity (Wildman–Crippen MR) is 98.6 cm³/mol. The van der Waals surface area contributed by atoms with Crippen LogP contribution in [0.3, 0.4) is 0 Å². The molecule has 3 aromatic rings. The average molecular weight is 371 g/mol. The molecule has 1 atom stereocenters. The molecule has 0 amide bonds. The molecule has 0 radical (unpaired) electrons. The van der Waals surface area contributed by atoms with Crippen LogP contribution < -0.4 is 14.2 Å². The maximum atomic E-state index is 11.7. The monoisotopic (exact) mass is 371 g/mol. The predicted octanol–water partition coefficient (Wildman–Crippen LogP) is 2.94. The average Bonchev–Trinajstić information content (AvgIpc) is 2.70. The molecule has 3 rings (SSSR count). The number of aromatic nitrogens is 2. The lowest BCUT2D eigenvalue weighted by molar-refractivity contribution is 0.297. The largest absolute Gasteiger partial charge is 0.493 e. The minimum Gasteiger partial charge on any atom is -0.493 e. The van der Waals surface area contributed by atoms with Crippen molar-refractivity contribution in [2.75, 3.05) is 14.2 Å². The van der Waals surface area contributed by atoms with E-state index in [0.29, 0.717) is 33.2 Å². The Morgan fingerprint density at radius 3 is 2.62 bits per heavy atom. The Balaban J connectivity index is 1.89. The summed E-state index contributed by atoms with van der Waals surface area (Å²) in [6, 6.07) is 10.6. The van der Waals surface area contributed by atoms with Crippen LogP contribution in [-0.4, -0.2) is 33.9 Å². The first-order valence-corrected chi connectivity index (χ1v) is 8.87. The van der Waals surface area contributed by atoms with E-state index in [1.165, 1.54) is 6.33 Å². The van der Waals surface area contributed by atoms with Crippen LogP contribution in [0.5, 0.6) is 17.4 Å². The summed E-state index contributed by atoms with van der Waals surface area (Å²) >= 11 is 0. The molecule has 0 aliphatic carbocycles. The van der Waals surface area contributed by atoms with Crippen LogP contribution in [0.4, 0.5) is 0 Å². The maximum absolute atomic E-state index is 11.7. The summed E-state index contributed by atoms with van der Waals surface area (Å²) in [5.74, 6) is 1.55. The lowest BCUT2D eigenvalue weighted by Crippen LogP contribution is -2.01. The Hall–Kier alpha value is -3.00. The van der Waals surface area contributed by atoms with Gasteiger partial charge in [-0.15, -0.1) is 0 Å². The van der Waals surface area contributed by atoms with E-state index in [1.54, 1.807) is 44.6 Å². The molecule has 1 unspecified atom stereocenters. The lowest BCUT2D eigenvalue weighted by Gasteiger charge is -2.12. The number of nitrogens with zero attached hydrogens (tertiary/aromatic N) is 2. The standard InChI is InChI=1S/C18H17N3O4S/c1-23-16-7-14-15(8-17(16)24-2)20-11-21-18(14)25-9-12-4-3-5-13(6-12)26(22)10-19/h3-8,10-11,19H,9H2,1-2H3. The van der Waals surface area contributed by atoms with Gasteiger partial charge in [0.05, 0.1) is 41.5 Å². The Bertz CT molecular complexity index is 978. The van der Waals surface area contributed by atoms with Crippen LogP contribution in [0.1, 0.15) is 5.56 Å². The van der Waals surface area contributed by atoms with Gasteiger partial charge in [-0.2, -0.15) is 0 Å². The van der Waals surface area contributed by atoms with Crippen molar-refractivity contribution in [3.8, 4) is 17.4 Å². The summed E-state index contributed by atoms with van der Waals surface area (Å²) < 4.78 is 28.2. The van der Waals surface area contributed by atoms with Crippen LogP contribution in [0.2, 0.25) is 0 Å². The molecule has 0 bridgehead atoms. The third-order valence-corrected chi connectivity index (χ3v) is 4.65. The van der Waals surface area contributed by atoms with Gasteiger partial charge in [0.1, 0.15) is 12.9 Å². The van der Waals surface area contributed by atoms with Crippen LogP contribution >= 0.6 is 0 Å². The van der Waals surface area contributed by atoms with Gasteiger partial charge in [-0.05, 0) is 23.8 Å². The first-order valence-electron chi connectivity index (χ1n) is 7.66. The van der Waals surface area contributed by atoms with Crippen molar-refractivity contribution in [1.82, 2.24) is 9.97 Å². The molecule has 1 aromatic heterocycles. The van der Waals surface area contributed by atoms with Gasteiger partial charge in [-0.3, -0.25) is 5.41 Å². The van der Waals surface area contributed by atoms with Gasteiger partial charge in [0, 0.05) is 11.0 Å². The van der Waals surface area contributed by atoms with E-state index < -0.39 is 10.8 Å². The van der Waals surface area contributed by atoms with Gasteiger partial charge < -0.3 is 14.2 Å². The highest BCUT2D eigenvalue weighted by Gasteiger charge is 2.12. The van der Waals surface area contributed by atoms with Crippen molar-refractivity contribution in [2.45, 2.75) is 11.5 Å². The van der Waals surface area contributed by atoms with Gasteiger partial charge in [0.25, 0.3) is 0 Å². The Kier molecular flexibility index (Phi) is 5.43. The molecule has 26 heavy (non-hydrogen) atoms. The summed E-state index contributed by atoms with van der Waals surface area (Å²) in [5.41, 5.74) is 2.40. The Morgan fingerprint density at radius 2 is 1.88 bits per heavy atom. The Labute approximate surface area is 152 Å².